The second-order valence-electron chi connectivity index (χ2n) is 5.24. The quantitative estimate of drug-likeness (QED) is 0.846. The lowest BCUT2D eigenvalue weighted by atomic mass is 9.96. The van der Waals surface area contributed by atoms with Crippen LogP contribution in [0.25, 0.3) is 0 Å². The number of primary amides is 1. The van der Waals surface area contributed by atoms with Crippen LogP contribution in [-0.4, -0.2) is 24.0 Å². The van der Waals surface area contributed by atoms with Crippen molar-refractivity contribution in [1.29, 1.82) is 0 Å². The molecule has 104 valence electrons. The topological polar surface area (TPSA) is 85.2 Å². The van der Waals surface area contributed by atoms with Gasteiger partial charge in [0.15, 0.2) is 0 Å². The molecule has 2 heterocycles. The van der Waals surface area contributed by atoms with E-state index in [1.165, 1.54) is 0 Å². The van der Waals surface area contributed by atoms with Crippen LogP contribution in [0.15, 0.2) is 6.07 Å². The maximum absolute atomic E-state index is 11.4. The number of hydrogen-bond donors (Lipinski definition) is 2. The van der Waals surface area contributed by atoms with E-state index in [1.54, 1.807) is 0 Å². The lowest BCUT2D eigenvalue weighted by Gasteiger charge is -2.34. The molecule has 0 spiro atoms. The average molecular weight is 262 g/mol. The van der Waals surface area contributed by atoms with E-state index in [0.29, 0.717) is 13.1 Å². The van der Waals surface area contributed by atoms with Gasteiger partial charge in [0.1, 0.15) is 0 Å². The minimum absolute atomic E-state index is 0.0619. The molecular formula is C14H22N4O. The smallest absolute Gasteiger partial charge is 0.222 e. The van der Waals surface area contributed by atoms with E-state index in [1.807, 2.05) is 13.8 Å². The molecule has 1 amide bonds. The van der Waals surface area contributed by atoms with Gasteiger partial charge in [-0.1, -0.05) is 0 Å². The number of anilines is 1. The second-order valence-corrected chi connectivity index (χ2v) is 5.24. The fourth-order valence-electron chi connectivity index (χ4n) is 2.80. The zero-order valence-electron chi connectivity index (χ0n) is 11.6. The van der Waals surface area contributed by atoms with Gasteiger partial charge < -0.3 is 16.4 Å². The van der Waals surface area contributed by atoms with Gasteiger partial charge in [-0.2, -0.15) is 0 Å². The Kier molecular flexibility index (Phi) is 4.04. The fraction of sp³-hybridized carbons (Fsp3) is 0.571. The standard InChI is InChI=1S/C14H22N4O/c1-9-6-13(12(7-15)10(2)17-9)18-5-3-4-11(8-18)14(16)19/h6,11H,3-5,7-8,15H2,1-2H3,(H2,16,19). The van der Waals surface area contributed by atoms with Gasteiger partial charge in [0, 0.05) is 42.3 Å². The maximum Gasteiger partial charge on any atom is 0.222 e. The summed E-state index contributed by atoms with van der Waals surface area (Å²) in [4.78, 5) is 18.1. The van der Waals surface area contributed by atoms with Gasteiger partial charge in [-0.25, -0.2) is 0 Å². The zero-order valence-corrected chi connectivity index (χ0v) is 11.6. The van der Waals surface area contributed by atoms with E-state index in [0.717, 1.165) is 42.0 Å². The van der Waals surface area contributed by atoms with Crippen LogP contribution >= 0.6 is 0 Å². The van der Waals surface area contributed by atoms with Crippen molar-refractivity contribution >= 4 is 11.6 Å². The van der Waals surface area contributed by atoms with Crippen LogP contribution < -0.4 is 16.4 Å². The molecule has 2 rings (SSSR count). The van der Waals surface area contributed by atoms with Crippen molar-refractivity contribution in [2.75, 3.05) is 18.0 Å². The third kappa shape index (κ3) is 2.87. The largest absolute Gasteiger partial charge is 0.370 e. The summed E-state index contributed by atoms with van der Waals surface area (Å²) >= 11 is 0. The molecule has 1 aliphatic rings. The number of nitrogens with two attached hydrogens (primary N) is 2. The third-order valence-electron chi connectivity index (χ3n) is 3.80. The summed E-state index contributed by atoms with van der Waals surface area (Å²) < 4.78 is 0. The van der Waals surface area contributed by atoms with Crippen molar-refractivity contribution in [2.45, 2.75) is 33.2 Å². The Morgan fingerprint density at radius 1 is 1.53 bits per heavy atom. The normalized spacial score (nSPS) is 19.5. The number of nitrogens with zero attached hydrogens (tertiary/aromatic N) is 2. The van der Waals surface area contributed by atoms with Crippen LogP contribution in [0.4, 0.5) is 5.69 Å². The molecule has 5 nitrogen and oxygen atoms in total. The summed E-state index contributed by atoms with van der Waals surface area (Å²) in [6, 6.07) is 2.05. The molecule has 1 aromatic rings. The first-order chi connectivity index (χ1) is 9.02. The first kappa shape index (κ1) is 13.8. The minimum atomic E-state index is -0.207. The average Bonchev–Trinajstić information content (AvgIpc) is 2.38. The van der Waals surface area contributed by atoms with Gasteiger partial charge in [0.05, 0.1) is 5.92 Å². The van der Waals surface area contributed by atoms with Crippen molar-refractivity contribution in [3.63, 3.8) is 0 Å². The van der Waals surface area contributed by atoms with E-state index >= 15 is 0 Å². The molecule has 4 N–H and O–H groups in total. The SMILES string of the molecule is Cc1cc(N2CCCC(C(N)=O)C2)c(CN)c(C)n1. The number of hydrogen-bond acceptors (Lipinski definition) is 4. The lowest BCUT2D eigenvalue weighted by Crippen LogP contribution is -2.41. The summed E-state index contributed by atoms with van der Waals surface area (Å²) in [6.45, 7) is 6.05. The number of carbonyl (C=O) groups is 1. The Morgan fingerprint density at radius 2 is 2.26 bits per heavy atom. The molecule has 0 radical (unpaired) electrons. The molecule has 0 saturated carbocycles. The summed E-state index contributed by atoms with van der Waals surface area (Å²) in [7, 11) is 0. The van der Waals surface area contributed by atoms with Crippen LogP contribution in [0.1, 0.15) is 29.8 Å². The lowest BCUT2D eigenvalue weighted by molar-refractivity contribution is -0.122. The Morgan fingerprint density at radius 3 is 2.89 bits per heavy atom. The number of amides is 1. The number of aromatic nitrogens is 1. The van der Waals surface area contributed by atoms with Gasteiger partial charge in [-0.05, 0) is 32.8 Å². The van der Waals surface area contributed by atoms with Gasteiger partial charge in [-0.3, -0.25) is 9.78 Å². The summed E-state index contributed by atoms with van der Waals surface area (Å²) in [5, 5.41) is 0. The van der Waals surface area contributed by atoms with E-state index in [-0.39, 0.29) is 11.8 Å². The van der Waals surface area contributed by atoms with E-state index in [4.69, 9.17) is 11.5 Å². The Bertz CT molecular complexity index is 487. The first-order valence-electron chi connectivity index (χ1n) is 6.74. The van der Waals surface area contributed by atoms with E-state index < -0.39 is 0 Å². The highest BCUT2D eigenvalue weighted by Gasteiger charge is 2.25. The van der Waals surface area contributed by atoms with Gasteiger partial charge in [-0.15, -0.1) is 0 Å². The van der Waals surface area contributed by atoms with Crippen molar-refractivity contribution in [3.8, 4) is 0 Å². The number of piperidine rings is 1. The number of pyridine rings is 1. The third-order valence-corrected chi connectivity index (χ3v) is 3.80. The maximum atomic E-state index is 11.4. The molecular weight excluding hydrogens is 240 g/mol. The highest BCUT2D eigenvalue weighted by molar-refractivity contribution is 5.77. The van der Waals surface area contributed by atoms with Gasteiger partial charge >= 0.3 is 0 Å². The monoisotopic (exact) mass is 262 g/mol. The fourth-order valence-corrected chi connectivity index (χ4v) is 2.80. The molecule has 1 unspecified atom stereocenters. The number of aryl methyl sites for hydroxylation is 2. The van der Waals surface area contributed by atoms with Crippen LogP contribution in [-0.2, 0) is 11.3 Å². The minimum Gasteiger partial charge on any atom is -0.370 e. The zero-order chi connectivity index (χ0) is 14.0. The van der Waals surface area contributed by atoms with Crippen molar-refractivity contribution < 1.29 is 4.79 Å². The van der Waals surface area contributed by atoms with Crippen molar-refractivity contribution in [1.82, 2.24) is 4.98 Å². The second kappa shape index (κ2) is 5.57. The van der Waals surface area contributed by atoms with Gasteiger partial charge in [0.2, 0.25) is 5.91 Å². The predicted molar refractivity (Wildman–Crippen MR) is 75.7 cm³/mol. The number of rotatable bonds is 3. The summed E-state index contributed by atoms with van der Waals surface area (Å²) in [6.07, 6.45) is 1.87. The molecule has 0 aromatic carbocycles. The van der Waals surface area contributed by atoms with E-state index in [2.05, 4.69) is 16.0 Å². The van der Waals surface area contributed by atoms with Crippen molar-refractivity contribution in [2.24, 2.45) is 17.4 Å². The van der Waals surface area contributed by atoms with Gasteiger partial charge in [0.25, 0.3) is 0 Å². The molecule has 0 aliphatic carbocycles. The molecule has 0 bridgehead atoms. The first-order valence-corrected chi connectivity index (χ1v) is 6.74. The molecule has 1 aliphatic heterocycles. The number of carbonyl (C=O) groups excluding carboxylic acids is 1. The molecule has 19 heavy (non-hydrogen) atoms. The molecule has 1 aromatic heterocycles. The molecule has 1 atom stereocenters. The molecule has 1 fully saturated rings. The molecule has 5 heteroatoms. The Balaban J connectivity index is 2.32. The summed E-state index contributed by atoms with van der Waals surface area (Å²) in [5.41, 5.74) is 15.4. The highest BCUT2D eigenvalue weighted by atomic mass is 16.1. The highest BCUT2D eigenvalue weighted by Crippen LogP contribution is 2.28. The predicted octanol–water partition coefficient (Wildman–Crippen LogP) is 0.859. The molecule has 1 saturated heterocycles. The Hall–Kier alpha value is -1.62. The van der Waals surface area contributed by atoms with Crippen molar-refractivity contribution in [3.05, 3.63) is 23.0 Å². The van der Waals surface area contributed by atoms with Crippen LogP contribution in [0.2, 0.25) is 0 Å². The van der Waals surface area contributed by atoms with Crippen LogP contribution in [0, 0.1) is 19.8 Å². The Labute approximate surface area is 114 Å². The van der Waals surface area contributed by atoms with E-state index in [9.17, 15) is 4.79 Å². The van der Waals surface area contributed by atoms with Crippen LogP contribution in [0.5, 0.6) is 0 Å². The summed E-state index contributed by atoms with van der Waals surface area (Å²) in [5.74, 6) is -0.269. The van der Waals surface area contributed by atoms with Crippen LogP contribution in [0.3, 0.4) is 0 Å².